The predicted molar refractivity (Wildman–Crippen MR) is 77.7 cm³/mol. The minimum absolute atomic E-state index is 0.0126. The highest BCUT2D eigenvalue weighted by Crippen LogP contribution is 2.24. The number of anilines is 2. The van der Waals surface area contributed by atoms with Crippen LogP contribution < -0.4 is 10.6 Å². The maximum atomic E-state index is 5.47. The zero-order valence-electron chi connectivity index (χ0n) is 12.1. The first-order valence-corrected chi connectivity index (χ1v) is 7.13. The summed E-state index contributed by atoms with van der Waals surface area (Å²) < 4.78 is 5.47. The van der Waals surface area contributed by atoms with Gasteiger partial charge in [0.05, 0.1) is 12.1 Å². The highest BCUT2D eigenvalue weighted by molar-refractivity contribution is 5.49. The van der Waals surface area contributed by atoms with Gasteiger partial charge in [0.2, 0.25) is 0 Å². The highest BCUT2D eigenvalue weighted by Gasteiger charge is 2.29. The van der Waals surface area contributed by atoms with Crippen molar-refractivity contribution in [2.45, 2.75) is 45.6 Å². The van der Waals surface area contributed by atoms with E-state index in [0.29, 0.717) is 0 Å². The van der Waals surface area contributed by atoms with Gasteiger partial charge in [0.15, 0.2) is 0 Å². The van der Waals surface area contributed by atoms with Crippen molar-refractivity contribution in [3.8, 4) is 0 Å². The van der Waals surface area contributed by atoms with Gasteiger partial charge in [0.25, 0.3) is 0 Å². The maximum absolute atomic E-state index is 5.47. The second-order valence-corrected chi connectivity index (χ2v) is 5.32. The molecule has 1 aliphatic heterocycles. The van der Waals surface area contributed by atoms with Gasteiger partial charge in [0, 0.05) is 25.6 Å². The van der Waals surface area contributed by atoms with E-state index in [9.17, 15) is 0 Å². The van der Waals surface area contributed by atoms with Gasteiger partial charge in [-0.3, -0.25) is 0 Å². The van der Waals surface area contributed by atoms with Crippen LogP contribution in [0.15, 0.2) is 6.07 Å². The average molecular weight is 264 g/mol. The topological polar surface area (TPSA) is 59.1 Å². The minimum atomic E-state index is -0.0126. The van der Waals surface area contributed by atoms with E-state index in [2.05, 4.69) is 41.4 Å². The lowest BCUT2D eigenvalue weighted by Crippen LogP contribution is -2.35. The molecular formula is C14H24N4O. The Morgan fingerprint density at radius 2 is 2.11 bits per heavy atom. The summed E-state index contributed by atoms with van der Waals surface area (Å²) in [4.78, 5) is 9.11. The van der Waals surface area contributed by atoms with Crippen LogP contribution in [0.25, 0.3) is 0 Å². The molecule has 1 fully saturated rings. The number of hydrogen-bond acceptors (Lipinski definition) is 5. The van der Waals surface area contributed by atoms with Crippen LogP contribution in [0, 0.1) is 0 Å². The van der Waals surface area contributed by atoms with E-state index >= 15 is 0 Å². The molecule has 0 saturated carbocycles. The van der Waals surface area contributed by atoms with Crippen LogP contribution in [-0.4, -0.2) is 35.3 Å². The Labute approximate surface area is 115 Å². The number of rotatable bonds is 6. The second-order valence-electron chi connectivity index (χ2n) is 5.32. The smallest absolute Gasteiger partial charge is 0.133 e. The fourth-order valence-electron chi connectivity index (χ4n) is 2.24. The fraction of sp³-hybridized carbons (Fsp3) is 0.714. The number of hydrogen-bond donors (Lipinski definition) is 2. The van der Waals surface area contributed by atoms with Crippen LogP contribution in [0.2, 0.25) is 0 Å². The van der Waals surface area contributed by atoms with Crippen molar-refractivity contribution in [2.75, 3.05) is 30.4 Å². The molecule has 19 heavy (non-hydrogen) atoms. The van der Waals surface area contributed by atoms with E-state index in [0.717, 1.165) is 56.5 Å². The molecular weight excluding hydrogens is 240 g/mol. The third-order valence-corrected chi connectivity index (χ3v) is 3.25. The summed E-state index contributed by atoms with van der Waals surface area (Å²) in [5, 5.41) is 6.76. The van der Waals surface area contributed by atoms with Gasteiger partial charge >= 0.3 is 0 Å². The molecule has 2 N–H and O–H groups in total. The lowest BCUT2D eigenvalue weighted by Gasteiger charge is -2.24. The Kier molecular flexibility index (Phi) is 4.58. The van der Waals surface area contributed by atoms with Crippen LogP contribution in [0.3, 0.4) is 0 Å². The summed E-state index contributed by atoms with van der Waals surface area (Å²) >= 11 is 0. The predicted octanol–water partition coefficient (Wildman–Crippen LogP) is 2.45. The lowest BCUT2D eigenvalue weighted by molar-refractivity contribution is 0.185. The maximum Gasteiger partial charge on any atom is 0.133 e. The molecule has 5 heteroatoms. The van der Waals surface area contributed by atoms with Crippen molar-refractivity contribution in [3.05, 3.63) is 11.9 Å². The zero-order valence-corrected chi connectivity index (χ0v) is 12.1. The van der Waals surface area contributed by atoms with Crippen molar-refractivity contribution in [1.82, 2.24) is 9.97 Å². The highest BCUT2D eigenvalue weighted by atomic mass is 16.5. The van der Waals surface area contributed by atoms with Crippen LogP contribution in [0.5, 0.6) is 0 Å². The molecule has 0 radical (unpaired) electrons. The first-order chi connectivity index (χ1) is 9.15. The van der Waals surface area contributed by atoms with Gasteiger partial charge in [0.1, 0.15) is 17.5 Å². The Bertz CT molecular complexity index is 392. The van der Waals surface area contributed by atoms with E-state index in [1.165, 1.54) is 0 Å². The van der Waals surface area contributed by atoms with Gasteiger partial charge in [-0.15, -0.1) is 0 Å². The Morgan fingerprint density at radius 1 is 1.32 bits per heavy atom. The SMILES string of the molecule is CCCc1nc(NCC)cc(NC2(C)CCOC2)n1. The Hall–Kier alpha value is -1.36. The standard InChI is InChI=1S/C14H24N4O/c1-4-6-11-16-12(15-5-2)9-13(17-11)18-14(3)7-8-19-10-14/h9H,4-8,10H2,1-3H3,(H2,15,16,17,18). The fourth-order valence-corrected chi connectivity index (χ4v) is 2.24. The number of ether oxygens (including phenoxy) is 1. The molecule has 0 aromatic carbocycles. The first-order valence-electron chi connectivity index (χ1n) is 7.13. The third kappa shape index (κ3) is 3.80. The van der Waals surface area contributed by atoms with Crippen molar-refractivity contribution in [3.63, 3.8) is 0 Å². The Balaban J connectivity index is 2.17. The molecule has 1 aromatic rings. The number of aromatic nitrogens is 2. The molecule has 0 spiro atoms. The molecule has 2 heterocycles. The first kappa shape index (κ1) is 14.1. The molecule has 5 nitrogen and oxygen atoms in total. The Morgan fingerprint density at radius 3 is 2.74 bits per heavy atom. The molecule has 1 aromatic heterocycles. The van der Waals surface area contributed by atoms with E-state index in [-0.39, 0.29) is 5.54 Å². The van der Waals surface area contributed by atoms with Crippen molar-refractivity contribution in [2.24, 2.45) is 0 Å². The molecule has 1 aliphatic rings. The van der Waals surface area contributed by atoms with Crippen LogP contribution in [0.1, 0.15) is 39.4 Å². The molecule has 0 bridgehead atoms. The van der Waals surface area contributed by atoms with Gasteiger partial charge in [-0.2, -0.15) is 0 Å². The van der Waals surface area contributed by atoms with Gasteiger partial charge in [-0.05, 0) is 26.7 Å². The second kappa shape index (κ2) is 6.19. The summed E-state index contributed by atoms with van der Waals surface area (Å²) in [7, 11) is 0. The number of nitrogens with one attached hydrogen (secondary N) is 2. The van der Waals surface area contributed by atoms with Crippen molar-refractivity contribution < 1.29 is 4.74 Å². The largest absolute Gasteiger partial charge is 0.379 e. The van der Waals surface area contributed by atoms with Crippen molar-refractivity contribution in [1.29, 1.82) is 0 Å². The molecule has 1 atom stereocenters. The summed E-state index contributed by atoms with van der Waals surface area (Å²) in [6.45, 7) is 8.80. The zero-order chi connectivity index (χ0) is 13.7. The molecule has 2 rings (SSSR count). The summed E-state index contributed by atoms with van der Waals surface area (Å²) in [6.07, 6.45) is 2.97. The summed E-state index contributed by atoms with van der Waals surface area (Å²) in [6, 6.07) is 1.98. The van der Waals surface area contributed by atoms with E-state index in [1.54, 1.807) is 0 Å². The lowest BCUT2D eigenvalue weighted by atomic mass is 10.0. The summed E-state index contributed by atoms with van der Waals surface area (Å²) in [5.74, 6) is 2.68. The molecule has 1 saturated heterocycles. The molecule has 0 amide bonds. The van der Waals surface area contributed by atoms with E-state index in [1.807, 2.05) is 6.07 Å². The van der Waals surface area contributed by atoms with Crippen LogP contribution >= 0.6 is 0 Å². The average Bonchev–Trinajstić information content (AvgIpc) is 2.76. The normalized spacial score (nSPS) is 22.5. The van der Waals surface area contributed by atoms with Gasteiger partial charge in [-0.25, -0.2) is 9.97 Å². The van der Waals surface area contributed by atoms with E-state index < -0.39 is 0 Å². The van der Waals surface area contributed by atoms with Gasteiger partial charge < -0.3 is 15.4 Å². The van der Waals surface area contributed by atoms with Crippen LogP contribution in [0.4, 0.5) is 11.6 Å². The summed E-state index contributed by atoms with van der Waals surface area (Å²) in [5.41, 5.74) is -0.0126. The minimum Gasteiger partial charge on any atom is -0.379 e. The molecule has 0 aliphatic carbocycles. The third-order valence-electron chi connectivity index (χ3n) is 3.25. The van der Waals surface area contributed by atoms with Gasteiger partial charge in [-0.1, -0.05) is 6.92 Å². The number of aryl methyl sites for hydroxylation is 1. The molecule has 106 valence electrons. The monoisotopic (exact) mass is 264 g/mol. The van der Waals surface area contributed by atoms with E-state index in [4.69, 9.17) is 4.74 Å². The number of nitrogens with zero attached hydrogens (tertiary/aromatic N) is 2. The van der Waals surface area contributed by atoms with Crippen LogP contribution in [-0.2, 0) is 11.2 Å². The quantitative estimate of drug-likeness (QED) is 0.826. The van der Waals surface area contributed by atoms with Crippen molar-refractivity contribution >= 4 is 11.6 Å². The molecule has 1 unspecified atom stereocenters.